The van der Waals surface area contributed by atoms with Gasteiger partial charge in [0.25, 0.3) is 5.91 Å². The Balaban J connectivity index is 1.89. The van der Waals surface area contributed by atoms with Crippen molar-refractivity contribution in [1.29, 1.82) is 5.41 Å². The number of nitrogens with zero attached hydrogens (tertiary/aromatic N) is 1. The molecule has 0 saturated heterocycles. The van der Waals surface area contributed by atoms with Crippen LogP contribution in [-0.4, -0.2) is 49.9 Å². The third-order valence-electron chi connectivity index (χ3n) is 4.05. The molecular weight excluding hydrogens is 346 g/mol. The predicted octanol–water partition coefficient (Wildman–Crippen LogP) is 2.04. The topological polar surface area (TPSA) is 106 Å². The first-order valence-corrected chi connectivity index (χ1v) is 8.39. The molecule has 0 aliphatic heterocycles. The first kappa shape index (κ1) is 20.0. The molecule has 7 heteroatoms. The number of amides is 1. The Hall–Kier alpha value is -3.35. The van der Waals surface area contributed by atoms with Crippen molar-refractivity contribution < 1.29 is 19.1 Å². The maximum Gasteiger partial charge on any atom is 0.307 e. The molecule has 0 saturated carbocycles. The van der Waals surface area contributed by atoms with E-state index in [0.29, 0.717) is 11.3 Å². The molecule has 2 aromatic rings. The highest BCUT2D eigenvalue weighted by molar-refractivity contribution is 5.95. The lowest BCUT2D eigenvalue weighted by Crippen LogP contribution is -2.33. The van der Waals surface area contributed by atoms with Crippen LogP contribution in [0.2, 0.25) is 0 Å². The van der Waals surface area contributed by atoms with Gasteiger partial charge in [0.15, 0.2) is 6.61 Å². The average Bonchev–Trinajstić information content (AvgIpc) is 2.70. The summed E-state index contributed by atoms with van der Waals surface area (Å²) in [6.45, 7) is 0.175. The van der Waals surface area contributed by atoms with Crippen LogP contribution in [-0.2, 0) is 14.3 Å². The second-order valence-corrected chi connectivity index (χ2v) is 5.95. The number of carbonyl (C=O) groups excluding carboxylic acids is 2. The van der Waals surface area contributed by atoms with Crippen LogP contribution >= 0.6 is 0 Å². The summed E-state index contributed by atoms with van der Waals surface area (Å²) in [6.07, 6.45) is 0.149. The van der Waals surface area contributed by atoms with E-state index < -0.39 is 0 Å². The van der Waals surface area contributed by atoms with Gasteiger partial charge >= 0.3 is 5.97 Å². The maximum atomic E-state index is 12.0. The van der Waals surface area contributed by atoms with Gasteiger partial charge in [-0.1, -0.05) is 36.4 Å². The molecule has 2 aromatic carbocycles. The Kier molecular flexibility index (Phi) is 6.93. The molecule has 0 aliphatic carbocycles. The zero-order valence-corrected chi connectivity index (χ0v) is 15.4. The summed E-state index contributed by atoms with van der Waals surface area (Å²) in [4.78, 5) is 24.6. The van der Waals surface area contributed by atoms with E-state index in [1.54, 1.807) is 31.3 Å². The Morgan fingerprint density at radius 2 is 1.59 bits per heavy atom. The number of carbonyl (C=O) groups is 2. The molecule has 0 bridgehead atoms. The lowest BCUT2D eigenvalue weighted by molar-refractivity contribution is -0.141. The van der Waals surface area contributed by atoms with Crippen molar-refractivity contribution in [1.82, 2.24) is 4.90 Å². The molecule has 3 N–H and O–H groups in total. The number of nitrogens with two attached hydrogens (primary N) is 1. The second-order valence-electron chi connectivity index (χ2n) is 5.95. The van der Waals surface area contributed by atoms with E-state index in [9.17, 15) is 9.59 Å². The van der Waals surface area contributed by atoms with Crippen LogP contribution in [0.25, 0.3) is 11.1 Å². The third-order valence-corrected chi connectivity index (χ3v) is 4.05. The standard InChI is InChI=1S/C20H23N3O4/c1-23(12-11-19(25)26-2)18(24)13-27-17-9-7-15(8-10-17)14-3-5-16(6-4-14)20(21)22/h3-10H,11-13H2,1-2H3,(H3,21,22). The SMILES string of the molecule is COC(=O)CCN(C)C(=O)COc1ccc(-c2ccc(C(=N)N)cc2)cc1. The van der Waals surface area contributed by atoms with Crippen molar-refractivity contribution in [2.24, 2.45) is 5.73 Å². The van der Waals surface area contributed by atoms with Gasteiger partial charge in [-0.2, -0.15) is 0 Å². The molecule has 0 atom stereocenters. The maximum absolute atomic E-state index is 12.0. The van der Waals surface area contributed by atoms with Crippen molar-refractivity contribution in [3.05, 3.63) is 54.1 Å². The Morgan fingerprint density at radius 3 is 2.11 bits per heavy atom. The minimum atomic E-state index is -0.359. The number of ether oxygens (including phenoxy) is 2. The normalized spacial score (nSPS) is 10.1. The van der Waals surface area contributed by atoms with Gasteiger partial charge in [0, 0.05) is 19.2 Å². The van der Waals surface area contributed by atoms with Gasteiger partial charge < -0.3 is 20.1 Å². The van der Waals surface area contributed by atoms with Gasteiger partial charge in [-0.15, -0.1) is 0 Å². The number of benzene rings is 2. The highest BCUT2D eigenvalue weighted by atomic mass is 16.5. The number of amidine groups is 1. The first-order chi connectivity index (χ1) is 12.9. The van der Waals surface area contributed by atoms with E-state index in [2.05, 4.69) is 4.74 Å². The van der Waals surface area contributed by atoms with Crippen LogP contribution in [0.15, 0.2) is 48.5 Å². The summed E-state index contributed by atoms with van der Waals surface area (Å²) < 4.78 is 10.1. The van der Waals surface area contributed by atoms with Gasteiger partial charge in [0.05, 0.1) is 13.5 Å². The molecule has 0 fully saturated rings. The van der Waals surface area contributed by atoms with Gasteiger partial charge in [-0.3, -0.25) is 15.0 Å². The highest BCUT2D eigenvalue weighted by Gasteiger charge is 2.11. The molecule has 0 aliphatic rings. The van der Waals surface area contributed by atoms with Crippen LogP contribution in [0.1, 0.15) is 12.0 Å². The van der Waals surface area contributed by atoms with Crippen LogP contribution in [0.4, 0.5) is 0 Å². The molecule has 27 heavy (non-hydrogen) atoms. The Morgan fingerprint density at radius 1 is 1.04 bits per heavy atom. The molecule has 2 rings (SSSR count). The number of hydrogen-bond acceptors (Lipinski definition) is 5. The van der Waals surface area contributed by atoms with Crippen molar-refractivity contribution >= 4 is 17.7 Å². The summed E-state index contributed by atoms with van der Waals surface area (Å²) in [5.41, 5.74) is 8.11. The predicted molar refractivity (Wildman–Crippen MR) is 103 cm³/mol. The first-order valence-electron chi connectivity index (χ1n) is 8.39. The Labute approximate surface area is 158 Å². The fraction of sp³-hybridized carbons (Fsp3) is 0.250. The quantitative estimate of drug-likeness (QED) is 0.421. The van der Waals surface area contributed by atoms with Crippen LogP contribution < -0.4 is 10.5 Å². The molecule has 1 amide bonds. The molecule has 0 heterocycles. The van der Waals surface area contributed by atoms with Crippen molar-refractivity contribution in [3.8, 4) is 16.9 Å². The van der Waals surface area contributed by atoms with E-state index in [1.807, 2.05) is 24.3 Å². The fourth-order valence-electron chi connectivity index (χ4n) is 2.33. The third kappa shape index (κ3) is 5.85. The minimum Gasteiger partial charge on any atom is -0.484 e. The molecule has 0 aromatic heterocycles. The van der Waals surface area contributed by atoms with Crippen LogP contribution in [0.5, 0.6) is 5.75 Å². The molecule has 7 nitrogen and oxygen atoms in total. The number of nitrogens with one attached hydrogen (secondary N) is 1. The van der Waals surface area contributed by atoms with Gasteiger partial charge in [0.1, 0.15) is 11.6 Å². The van der Waals surface area contributed by atoms with Crippen LogP contribution in [0, 0.1) is 5.41 Å². The number of methoxy groups -OCH3 is 1. The van der Waals surface area contributed by atoms with E-state index in [-0.39, 0.29) is 37.3 Å². The van der Waals surface area contributed by atoms with Crippen molar-refractivity contribution in [2.45, 2.75) is 6.42 Å². The van der Waals surface area contributed by atoms with E-state index in [4.69, 9.17) is 15.9 Å². The number of rotatable bonds is 8. The van der Waals surface area contributed by atoms with Crippen LogP contribution in [0.3, 0.4) is 0 Å². The lowest BCUT2D eigenvalue weighted by Gasteiger charge is -2.16. The van der Waals surface area contributed by atoms with E-state index >= 15 is 0 Å². The molecule has 0 unspecified atom stereocenters. The number of hydrogen-bond donors (Lipinski definition) is 2. The summed E-state index contributed by atoms with van der Waals surface area (Å²) >= 11 is 0. The molecule has 0 radical (unpaired) electrons. The highest BCUT2D eigenvalue weighted by Crippen LogP contribution is 2.22. The molecular formula is C20H23N3O4. The summed E-state index contributed by atoms with van der Waals surface area (Å²) in [5, 5.41) is 7.41. The largest absolute Gasteiger partial charge is 0.484 e. The summed E-state index contributed by atoms with van der Waals surface area (Å²) in [6, 6.07) is 14.7. The van der Waals surface area contributed by atoms with E-state index in [1.165, 1.54) is 12.0 Å². The van der Waals surface area contributed by atoms with Gasteiger partial charge in [0.2, 0.25) is 0 Å². The van der Waals surface area contributed by atoms with Gasteiger partial charge in [-0.05, 0) is 23.3 Å². The van der Waals surface area contributed by atoms with Crippen molar-refractivity contribution in [2.75, 3.05) is 27.3 Å². The Bertz CT molecular complexity index is 801. The molecule has 142 valence electrons. The zero-order valence-electron chi connectivity index (χ0n) is 15.4. The smallest absolute Gasteiger partial charge is 0.307 e. The number of esters is 1. The monoisotopic (exact) mass is 369 g/mol. The average molecular weight is 369 g/mol. The number of likely N-dealkylation sites (N-methyl/N-ethyl adjacent to an activating group) is 1. The molecule has 0 spiro atoms. The second kappa shape index (κ2) is 9.38. The summed E-state index contributed by atoms with van der Waals surface area (Å²) in [7, 11) is 2.93. The summed E-state index contributed by atoms with van der Waals surface area (Å²) in [5.74, 6) is 0.0330. The van der Waals surface area contributed by atoms with Crippen molar-refractivity contribution in [3.63, 3.8) is 0 Å². The van der Waals surface area contributed by atoms with E-state index in [0.717, 1.165) is 11.1 Å². The zero-order chi connectivity index (χ0) is 19.8. The minimum absolute atomic E-state index is 0.0338. The fourth-order valence-corrected chi connectivity index (χ4v) is 2.33. The number of nitrogen functional groups attached to an aromatic ring is 1. The lowest BCUT2D eigenvalue weighted by atomic mass is 10.0. The van der Waals surface area contributed by atoms with Gasteiger partial charge in [-0.25, -0.2) is 0 Å².